The highest BCUT2D eigenvalue weighted by Crippen LogP contribution is 2.55. The van der Waals surface area contributed by atoms with Crippen molar-refractivity contribution in [3.05, 3.63) is 113 Å². The van der Waals surface area contributed by atoms with E-state index in [1.54, 1.807) is 0 Å². The maximum absolute atomic E-state index is 6.61. The van der Waals surface area contributed by atoms with Crippen LogP contribution >= 0.6 is 0 Å². The van der Waals surface area contributed by atoms with Gasteiger partial charge >= 0.3 is 0 Å². The molecule has 0 amide bonds. The van der Waals surface area contributed by atoms with Crippen LogP contribution in [0.2, 0.25) is 0 Å². The first-order chi connectivity index (χ1) is 15.6. The van der Waals surface area contributed by atoms with Crippen LogP contribution in [0.15, 0.2) is 96.6 Å². The first-order valence-electron chi connectivity index (χ1n) is 11.5. The number of hydrogen-bond acceptors (Lipinski definition) is 1. The van der Waals surface area contributed by atoms with Gasteiger partial charge in [0.2, 0.25) is 0 Å². The second-order valence-electron chi connectivity index (χ2n) is 9.72. The summed E-state index contributed by atoms with van der Waals surface area (Å²) in [6.45, 7) is 4.70. The van der Waals surface area contributed by atoms with Crippen LogP contribution in [0.1, 0.15) is 42.9 Å². The van der Waals surface area contributed by atoms with Crippen molar-refractivity contribution in [3.8, 4) is 22.6 Å². The van der Waals surface area contributed by atoms with E-state index >= 15 is 0 Å². The molecule has 0 N–H and O–H groups in total. The van der Waals surface area contributed by atoms with Crippen LogP contribution in [0.4, 0.5) is 0 Å². The smallest absolute Gasteiger partial charge is 0.139 e. The summed E-state index contributed by atoms with van der Waals surface area (Å²) < 4.78 is 6.61. The fourth-order valence-electron chi connectivity index (χ4n) is 6.08. The van der Waals surface area contributed by atoms with Gasteiger partial charge in [-0.1, -0.05) is 98.8 Å². The Morgan fingerprint density at radius 2 is 1.56 bits per heavy atom. The molecule has 154 valence electrons. The predicted octanol–water partition coefficient (Wildman–Crippen LogP) is 8.40. The summed E-state index contributed by atoms with van der Waals surface area (Å²) in [5.74, 6) is 2.28. The third-order valence-corrected chi connectivity index (χ3v) is 7.66. The molecule has 1 nitrogen and oxygen atoms in total. The summed E-state index contributed by atoms with van der Waals surface area (Å²) in [6.07, 6.45) is 5.79. The topological polar surface area (TPSA) is 9.23 Å². The van der Waals surface area contributed by atoms with Gasteiger partial charge in [0.15, 0.2) is 0 Å². The van der Waals surface area contributed by atoms with E-state index in [1.807, 2.05) is 0 Å². The SMILES string of the molecule is CC1(C)C2=C(CC(c3ccc4cccc5c4c3Oc3ccccc3-5)C=C2)c2ccccc21. The molecule has 32 heavy (non-hydrogen) atoms. The lowest BCUT2D eigenvalue weighted by atomic mass is 9.77. The Bertz CT molecular complexity index is 1500. The van der Waals surface area contributed by atoms with E-state index in [0.29, 0.717) is 5.92 Å². The molecule has 0 fully saturated rings. The van der Waals surface area contributed by atoms with Gasteiger partial charge in [0.1, 0.15) is 11.5 Å². The van der Waals surface area contributed by atoms with E-state index in [1.165, 1.54) is 49.7 Å². The summed E-state index contributed by atoms with van der Waals surface area (Å²) in [7, 11) is 0. The zero-order valence-corrected chi connectivity index (χ0v) is 18.4. The number of ether oxygens (including phenoxy) is 1. The first-order valence-corrected chi connectivity index (χ1v) is 11.5. The van der Waals surface area contributed by atoms with Gasteiger partial charge in [-0.3, -0.25) is 0 Å². The van der Waals surface area contributed by atoms with Gasteiger partial charge in [0.25, 0.3) is 0 Å². The summed E-state index contributed by atoms with van der Waals surface area (Å²) in [6, 6.07) is 28.4. The van der Waals surface area contributed by atoms with Gasteiger partial charge in [0, 0.05) is 27.8 Å². The number of rotatable bonds is 1. The van der Waals surface area contributed by atoms with Crippen LogP contribution in [-0.4, -0.2) is 0 Å². The van der Waals surface area contributed by atoms with E-state index in [9.17, 15) is 0 Å². The molecule has 0 saturated heterocycles. The minimum Gasteiger partial charge on any atom is -0.456 e. The lowest BCUT2D eigenvalue weighted by molar-refractivity contribution is 0.478. The summed E-state index contributed by atoms with van der Waals surface area (Å²) in [5, 5.41) is 2.48. The zero-order valence-electron chi connectivity index (χ0n) is 18.4. The summed E-state index contributed by atoms with van der Waals surface area (Å²) in [5.41, 5.74) is 9.63. The molecule has 0 spiro atoms. The number of fused-ring (bicyclic) bond motifs is 4. The third kappa shape index (κ3) is 2.29. The lowest BCUT2D eigenvalue weighted by Gasteiger charge is -2.29. The maximum atomic E-state index is 6.61. The van der Waals surface area contributed by atoms with Crippen molar-refractivity contribution in [2.75, 3.05) is 0 Å². The van der Waals surface area contributed by atoms with Crippen LogP contribution in [0.25, 0.3) is 27.5 Å². The number of hydrogen-bond donors (Lipinski definition) is 0. The molecule has 2 aliphatic carbocycles. The van der Waals surface area contributed by atoms with Gasteiger partial charge in [-0.15, -0.1) is 0 Å². The molecule has 3 aliphatic rings. The average Bonchev–Trinajstić information content (AvgIpc) is 3.06. The van der Waals surface area contributed by atoms with E-state index in [0.717, 1.165) is 17.9 Å². The Labute approximate surface area is 188 Å². The fraction of sp³-hybridized carbons (Fsp3) is 0.161. The summed E-state index contributed by atoms with van der Waals surface area (Å²) >= 11 is 0. The van der Waals surface area contributed by atoms with Crippen LogP contribution in [0.3, 0.4) is 0 Å². The van der Waals surface area contributed by atoms with Crippen molar-refractivity contribution in [3.63, 3.8) is 0 Å². The Kier molecular flexibility index (Phi) is 3.51. The summed E-state index contributed by atoms with van der Waals surface area (Å²) in [4.78, 5) is 0. The molecule has 1 aliphatic heterocycles. The Hall–Kier alpha value is -3.58. The molecule has 0 radical (unpaired) electrons. The molecule has 0 aromatic heterocycles. The molecule has 4 aromatic rings. The largest absolute Gasteiger partial charge is 0.456 e. The van der Waals surface area contributed by atoms with Crippen molar-refractivity contribution in [1.29, 1.82) is 0 Å². The van der Waals surface area contributed by atoms with Crippen molar-refractivity contribution in [2.24, 2.45) is 0 Å². The second kappa shape index (κ2) is 6.23. The van der Waals surface area contributed by atoms with E-state index in [-0.39, 0.29) is 5.41 Å². The molecule has 4 aromatic carbocycles. The van der Waals surface area contributed by atoms with Gasteiger partial charge in [-0.05, 0) is 45.7 Å². The molecule has 1 heteroatoms. The molecule has 1 heterocycles. The first kappa shape index (κ1) is 18.0. The van der Waals surface area contributed by atoms with Gasteiger partial charge in [0.05, 0.1) is 0 Å². The molecule has 1 unspecified atom stereocenters. The minimum atomic E-state index is 0.0632. The highest BCUT2D eigenvalue weighted by atomic mass is 16.5. The zero-order chi connectivity index (χ0) is 21.4. The average molecular weight is 413 g/mol. The minimum absolute atomic E-state index is 0.0632. The van der Waals surface area contributed by atoms with E-state index in [4.69, 9.17) is 4.74 Å². The van der Waals surface area contributed by atoms with Gasteiger partial charge in [-0.25, -0.2) is 0 Å². The monoisotopic (exact) mass is 412 g/mol. The van der Waals surface area contributed by atoms with Crippen molar-refractivity contribution in [1.82, 2.24) is 0 Å². The van der Waals surface area contributed by atoms with Crippen LogP contribution < -0.4 is 4.74 Å². The molecular formula is C31H24O. The molecular weight excluding hydrogens is 388 g/mol. The van der Waals surface area contributed by atoms with Gasteiger partial charge < -0.3 is 4.74 Å². The van der Waals surface area contributed by atoms with E-state index < -0.39 is 0 Å². The molecule has 0 bridgehead atoms. The Balaban J connectivity index is 1.40. The highest BCUT2D eigenvalue weighted by Gasteiger charge is 2.39. The van der Waals surface area contributed by atoms with Gasteiger partial charge in [-0.2, -0.15) is 0 Å². The normalized spacial score (nSPS) is 19.4. The van der Waals surface area contributed by atoms with Crippen molar-refractivity contribution < 1.29 is 4.74 Å². The quantitative estimate of drug-likeness (QED) is 0.268. The highest BCUT2D eigenvalue weighted by molar-refractivity contribution is 6.05. The number of benzene rings is 4. The third-order valence-electron chi connectivity index (χ3n) is 7.66. The van der Waals surface area contributed by atoms with Crippen molar-refractivity contribution in [2.45, 2.75) is 31.6 Å². The fourth-order valence-corrected chi connectivity index (χ4v) is 6.08. The van der Waals surface area contributed by atoms with Crippen LogP contribution in [-0.2, 0) is 5.41 Å². The second-order valence-corrected chi connectivity index (χ2v) is 9.72. The number of allylic oxidation sites excluding steroid dienone is 4. The maximum Gasteiger partial charge on any atom is 0.139 e. The molecule has 0 saturated carbocycles. The Morgan fingerprint density at radius 1 is 0.781 bits per heavy atom. The Morgan fingerprint density at radius 3 is 2.47 bits per heavy atom. The van der Waals surface area contributed by atoms with E-state index in [2.05, 4.69) is 105 Å². The number of para-hydroxylation sites is 1. The standard InChI is InChI=1S/C31H24O/c1-31(2)26-12-5-3-9-22(26)25-18-20(15-17-27(25)31)21-16-14-19-8-7-11-24-23-10-4-6-13-28(23)32-30(21)29(19)24/h3-17,20H,18H2,1-2H3. The van der Waals surface area contributed by atoms with Crippen LogP contribution in [0.5, 0.6) is 11.5 Å². The molecule has 1 atom stereocenters. The predicted molar refractivity (Wildman–Crippen MR) is 132 cm³/mol. The van der Waals surface area contributed by atoms with Crippen molar-refractivity contribution >= 4 is 16.3 Å². The molecule has 7 rings (SSSR count). The van der Waals surface area contributed by atoms with Crippen LogP contribution in [0, 0.1) is 0 Å². The lowest BCUT2D eigenvalue weighted by Crippen LogP contribution is -2.17.